The Hall–Kier alpha value is -1.75. The molecule has 5 heteroatoms. The van der Waals surface area contributed by atoms with Crippen molar-refractivity contribution in [2.24, 2.45) is 5.92 Å². The molecule has 1 aromatic rings. The van der Waals surface area contributed by atoms with Gasteiger partial charge in [-0.1, -0.05) is 0 Å². The van der Waals surface area contributed by atoms with Gasteiger partial charge in [0.15, 0.2) is 6.61 Å². The maximum atomic E-state index is 11.5. The second-order valence-electron chi connectivity index (χ2n) is 5.06. The van der Waals surface area contributed by atoms with E-state index in [4.69, 9.17) is 9.47 Å². The zero-order chi connectivity index (χ0) is 13.2. The fourth-order valence-electron chi connectivity index (χ4n) is 2.04. The zero-order valence-electron chi connectivity index (χ0n) is 10.6. The summed E-state index contributed by atoms with van der Waals surface area (Å²) in [7, 11) is 0. The molecule has 0 radical (unpaired) electrons. The van der Waals surface area contributed by atoms with Crippen molar-refractivity contribution < 1.29 is 19.4 Å². The van der Waals surface area contributed by atoms with Gasteiger partial charge in [0.1, 0.15) is 24.2 Å². The van der Waals surface area contributed by atoms with Gasteiger partial charge >= 0.3 is 0 Å². The number of aliphatic hydroxyl groups is 1. The molecule has 19 heavy (non-hydrogen) atoms. The van der Waals surface area contributed by atoms with Crippen molar-refractivity contribution in [3.8, 4) is 11.5 Å². The summed E-state index contributed by atoms with van der Waals surface area (Å²) in [5, 5.41) is 12.4. The van der Waals surface area contributed by atoms with Gasteiger partial charge in [-0.2, -0.15) is 0 Å². The molecular formula is C14H17NO4. The van der Waals surface area contributed by atoms with E-state index in [-0.39, 0.29) is 19.1 Å². The standard InChI is InChI=1S/C14H17NO4/c16-12-7-19-13-5-10(3-4-11(12)13)18-8-14(17)15-6-9-1-2-9/h3-5,9,12,16H,1-2,6-8H2,(H,15,17). The quantitative estimate of drug-likeness (QED) is 0.832. The van der Waals surface area contributed by atoms with Crippen LogP contribution in [0.5, 0.6) is 11.5 Å². The van der Waals surface area contributed by atoms with Crippen molar-refractivity contribution in [3.63, 3.8) is 0 Å². The highest BCUT2D eigenvalue weighted by Crippen LogP contribution is 2.35. The predicted molar refractivity (Wildman–Crippen MR) is 68.1 cm³/mol. The van der Waals surface area contributed by atoms with Crippen LogP contribution >= 0.6 is 0 Å². The fourth-order valence-corrected chi connectivity index (χ4v) is 2.04. The molecule has 1 unspecified atom stereocenters. The lowest BCUT2D eigenvalue weighted by atomic mass is 10.1. The first-order valence-corrected chi connectivity index (χ1v) is 6.56. The monoisotopic (exact) mass is 263 g/mol. The number of ether oxygens (including phenoxy) is 2. The third kappa shape index (κ3) is 2.98. The van der Waals surface area contributed by atoms with E-state index in [0.29, 0.717) is 17.4 Å². The second kappa shape index (κ2) is 5.09. The lowest BCUT2D eigenvalue weighted by Crippen LogP contribution is -2.30. The van der Waals surface area contributed by atoms with E-state index in [9.17, 15) is 9.90 Å². The summed E-state index contributed by atoms with van der Waals surface area (Å²) < 4.78 is 10.7. The number of aliphatic hydroxyl groups excluding tert-OH is 1. The number of benzene rings is 1. The number of fused-ring (bicyclic) bond motifs is 1. The van der Waals surface area contributed by atoms with E-state index in [1.165, 1.54) is 12.8 Å². The van der Waals surface area contributed by atoms with Crippen LogP contribution in [0, 0.1) is 5.92 Å². The van der Waals surface area contributed by atoms with Crippen LogP contribution in [0.3, 0.4) is 0 Å². The van der Waals surface area contributed by atoms with Crippen molar-refractivity contribution in [1.82, 2.24) is 5.32 Å². The Balaban J connectivity index is 1.51. The van der Waals surface area contributed by atoms with Gasteiger partial charge in [-0.3, -0.25) is 4.79 Å². The summed E-state index contributed by atoms with van der Waals surface area (Å²) >= 11 is 0. The Kier molecular flexibility index (Phi) is 3.29. The first kappa shape index (κ1) is 12.3. The molecule has 2 aliphatic rings. The molecule has 0 spiro atoms. The van der Waals surface area contributed by atoms with Crippen molar-refractivity contribution in [3.05, 3.63) is 23.8 Å². The molecule has 1 amide bonds. The van der Waals surface area contributed by atoms with Crippen LogP contribution in [0.4, 0.5) is 0 Å². The topological polar surface area (TPSA) is 67.8 Å². The van der Waals surface area contributed by atoms with E-state index in [1.807, 2.05) is 0 Å². The van der Waals surface area contributed by atoms with E-state index >= 15 is 0 Å². The van der Waals surface area contributed by atoms with Crippen molar-refractivity contribution >= 4 is 5.91 Å². The van der Waals surface area contributed by atoms with Crippen molar-refractivity contribution in [1.29, 1.82) is 0 Å². The number of carbonyl (C=O) groups is 1. The zero-order valence-corrected chi connectivity index (χ0v) is 10.6. The van der Waals surface area contributed by atoms with Crippen molar-refractivity contribution in [2.45, 2.75) is 18.9 Å². The van der Waals surface area contributed by atoms with E-state index in [1.54, 1.807) is 18.2 Å². The van der Waals surface area contributed by atoms with Gasteiger partial charge in [0.05, 0.1) is 0 Å². The number of rotatable bonds is 5. The molecule has 1 heterocycles. The highest BCUT2D eigenvalue weighted by Gasteiger charge is 2.23. The lowest BCUT2D eigenvalue weighted by molar-refractivity contribution is -0.123. The van der Waals surface area contributed by atoms with Gasteiger partial charge in [-0.15, -0.1) is 0 Å². The van der Waals surface area contributed by atoms with E-state index in [2.05, 4.69) is 5.32 Å². The number of carbonyl (C=O) groups excluding carboxylic acids is 1. The summed E-state index contributed by atoms with van der Waals surface area (Å²) in [5.41, 5.74) is 0.769. The third-order valence-corrected chi connectivity index (χ3v) is 3.40. The number of hydrogen-bond acceptors (Lipinski definition) is 4. The summed E-state index contributed by atoms with van der Waals surface area (Å²) in [6.07, 6.45) is 1.86. The molecule has 1 atom stereocenters. The average molecular weight is 263 g/mol. The van der Waals surface area contributed by atoms with Gasteiger partial charge in [-0.25, -0.2) is 0 Å². The van der Waals surface area contributed by atoms with Crippen molar-refractivity contribution in [2.75, 3.05) is 19.8 Å². The summed E-state index contributed by atoms with van der Waals surface area (Å²) in [4.78, 5) is 11.5. The minimum atomic E-state index is -0.564. The largest absolute Gasteiger partial charge is 0.490 e. The molecule has 102 valence electrons. The first-order chi connectivity index (χ1) is 9.22. The third-order valence-electron chi connectivity index (χ3n) is 3.40. The van der Waals surface area contributed by atoms with Crippen LogP contribution in [0.15, 0.2) is 18.2 Å². The highest BCUT2D eigenvalue weighted by molar-refractivity contribution is 5.77. The van der Waals surface area contributed by atoms with Gasteiger partial charge < -0.3 is 19.9 Å². The van der Waals surface area contributed by atoms with Gasteiger partial charge in [0.25, 0.3) is 5.91 Å². The first-order valence-electron chi connectivity index (χ1n) is 6.56. The maximum absolute atomic E-state index is 11.5. The molecule has 1 aromatic carbocycles. The Labute approximate surface area is 111 Å². The number of hydrogen-bond donors (Lipinski definition) is 2. The smallest absolute Gasteiger partial charge is 0.257 e. The van der Waals surface area contributed by atoms with Gasteiger partial charge in [0, 0.05) is 18.2 Å². The van der Waals surface area contributed by atoms with Crippen LogP contribution in [-0.4, -0.2) is 30.8 Å². The van der Waals surface area contributed by atoms with E-state index in [0.717, 1.165) is 12.1 Å². The van der Waals surface area contributed by atoms with Crippen LogP contribution in [-0.2, 0) is 4.79 Å². The predicted octanol–water partition coefficient (Wildman–Crippen LogP) is 1.02. The molecule has 3 rings (SSSR count). The maximum Gasteiger partial charge on any atom is 0.257 e. The molecule has 5 nitrogen and oxygen atoms in total. The Morgan fingerprint density at radius 2 is 2.32 bits per heavy atom. The fraction of sp³-hybridized carbons (Fsp3) is 0.500. The van der Waals surface area contributed by atoms with E-state index < -0.39 is 6.10 Å². The second-order valence-corrected chi connectivity index (χ2v) is 5.06. The highest BCUT2D eigenvalue weighted by atomic mass is 16.5. The Morgan fingerprint density at radius 1 is 1.47 bits per heavy atom. The molecule has 0 bridgehead atoms. The van der Waals surface area contributed by atoms with Crippen LogP contribution in [0.2, 0.25) is 0 Å². The van der Waals surface area contributed by atoms with Gasteiger partial charge in [0.2, 0.25) is 0 Å². The number of amides is 1. The normalized spacial score (nSPS) is 20.6. The summed E-state index contributed by atoms with van der Waals surface area (Å²) in [5.74, 6) is 1.77. The molecule has 1 aliphatic heterocycles. The molecule has 1 fully saturated rings. The molecule has 0 aromatic heterocycles. The molecule has 1 aliphatic carbocycles. The minimum absolute atomic E-state index is 0.00800. The Morgan fingerprint density at radius 3 is 3.11 bits per heavy atom. The van der Waals surface area contributed by atoms with Gasteiger partial charge in [-0.05, 0) is 30.9 Å². The minimum Gasteiger partial charge on any atom is -0.490 e. The summed E-state index contributed by atoms with van der Waals surface area (Å²) in [6, 6.07) is 5.22. The van der Waals surface area contributed by atoms with Crippen LogP contribution in [0.1, 0.15) is 24.5 Å². The number of nitrogens with one attached hydrogen (secondary N) is 1. The molecular weight excluding hydrogens is 246 g/mol. The van der Waals surface area contributed by atoms with Crippen LogP contribution in [0.25, 0.3) is 0 Å². The molecule has 1 saturated carbocycles. The summed E-state index contributed by atoms with van der Waals surface area (Å²) in [6.45, 7) is 1.04. The average Bonchev–Trinajstić information content (AvgIpc) is 3.18. The SMILES string of the molecule is O=C(COc1ccc2c(c1)OCC2O)NCC1CC1. The molecule has 0 saturated heterocycles. The Bertz CT molecular complexity index is 484. The molecule has 2 N–H and O–H groups in total. The lowest BCUT2D eigenvalue weighted by Gasteiger charge is -2.08. The van der Waals surface area contributed by atoms with Crippen LogP contribution < -0.4 is 14.8 Å².